The molecule has 0 saturated heterocycles. The van der Waals surface area contributed by atoms with Crippen molar-refractivity contribution in [1.29, 1.82) is 0 Å². The van der Waals surface area contributed by atoms with Crippen LogP contribution in [0.5, 0.6) is 0 Å². The molecule has 5 amide bonds. The van der Waals surface area contributed by atoms with E-state index in [1.165, 1.54) is 13.8 Å². The zero-order valence-electron chi connectivity index (χ0n) is 20.6. The van der Waals surface area contributed by atoms with Crippen LogP contribution < -0.4 is 16.4 Å². The highest BCUT2D eigenvalue weighted by Gasteiger charge is 2.41. The van der Waals surface area contributed by atoms with Gasteiger partial charge in [0.2, 0.25) is 17.7 Å². The summed E-state index contributed by atoms with van der Waals surface area (Å²) in [6, 6.07) is -4.10. The lowest BCUT2D eigenvalue weighted by atomic mass is 9.98. The van der Waals surface area contributed by atoms with Crippen molar-refractivity contribution in [2.75, 3.05) is 13.2 Å². The molecule has 0 aliphatic carbocycles. The average Bonchev–Trinajstić information content (AvgIpc) is 2.81. The molecule has 36 heavy (non-hydrogen) atoms. The molecule has 0 bridgehead atoms. The van der Waals surface area contributed by atoms with Gasteiger partial charge in [-0.25, -0.2) is 4.79 Å². The van der Waals surface area contributed by atoms with E-state index >= 15 is 0 Å². The number of nitrogens with two attached hydrogens (primary N) is 1. The number of carboxylic acids is 1. The molecule has 206 valence electrons. The van der Waals surface area contributed by atoms with Crippen LogP contribution in [0, 0.1) is 5.92 Å². The predicted molar refractivity (Wildman–Crippen MR) is 122 cm³/mol. The van der Waals surface area contributed by atoms with E-state index in [4.69, 9.17) is 15.6 Å². The number of aliphatic hydroxyl groups excluding tert-OH is 3. The number of aldehydes is 1. The Morgan fingerprint density at radius 3 is 2.14 bits per heavy atom. The zero-order valence-corrected chi connectivity index (χ0v) is 20.6. The minimum Gasteiger partial charge on any atom is -0.481 e. The number of rotatable bonds is 16. The number of imide groups is 1. The molecule has 15 nitrogen and oxygen atoms in total. The topological polar surface area (TPSA) is 246 Å². The number of ether oxygens (including phenoxy) is 1. The summed E-state index contributed by atoms with van der Waals surface area (Å²) in [6.45, 7) is 4.42. The van der Waals surface area contributed by atoms with Crippen LogP contribution in [0.15, 0.2) is 0 Å². The van der Waals surface area contributed by atoms with E-state index < -0.39 is 91.6 Å². The van der Waals surface area contributed by atoms with Crippen molar-refractivity contribution in [3.05, 3.63) is 0 Å². The summed E-state index contributed by atoms with van der Waals surface area (Å²) < 4.78 is 5.64. The minimum absolute atomic E-state index is 0.0680. The van der Waals surface area contributed by atoms with Crippen LogP contribution >= 0.6 is 0 Å². The highest BCUT2D eigenvalue weighted by atomic mass is 16.5. The molecule has 0 aliphatic heterocycles. The standard InChI is InChI=1S/C21H36N4O11/c1-5-23-21(35)25(14(19(22)33)6-7-16(30)31)20(34)10(2)11(3)36-18(17(32)15(29)9-27)13(8-26)24-12(4)28/h8,10-11,13-15,17-18,27,29,32H,5-7,9H2,1-4H3,(H2,22,33)(H,23,35)(H,24,28)(H,30,31)/t10?,11?,13-,14?,15+,17+,18+/m0/s1. The smallest absolute Gasteiger partial charge is 0.324 e. The molecule has 0 aromatic carbocycles. The second kappa shape index (κ2) is 15.8. The average molecular weight is 521 g/mol. The lowest BCUT2D eigenvalue weighted by Crippen LogP contribution is -2.58. The quantitative estimate of drug-likeness (QED) is 0.102. The third-order valence-corrected chi connectivity index (χ3v) is 5.31. The lowest BCUT2D eigenvalue weighted by Gasteiger charge is -2.35. The summed E-state index contributed by atoms with van der Waals surface area (Å²) in [5.41, 5.74) is 5.34. The Hall–Kier alpha value is -3.14. The van der Waals surface area contributed by atoms with Crippen molar-refractivity contribution < 1.29 is 53.9 Å². The van der Waals surface area contributed by atoms with Gasteiger partial charge in [-0.3, -0.25) is 24.1 Å². The van der Waals surface area contributed by atoms with Crippen LogP contribution in [0.2, 0.25) is 0 Å². The SMILES string of the molecule is CCNC(=O)N(C(=O)C(C)C(C)O[C@@H]([C@H](O)[C@H](O)CO)[C@H](C=O)NC(C)=O)C(CCC(=O)O)C(N)=O. The number of nitrogens with zero attached hydrogens (tertiary/aromatic N) is 1. The molecule has 0 rings (SSSR count). The van der Waals surface area contributed by atoms with Crippen molar-refractivity contribution in [2.45, 2.75) is 77.0 Å². The first-order chi connectivity index (χ1) is 16.7. The summed E-state index contributed by atoms with van der Waals surface area (Å²) in [5, 5.41) is 43.0. The molecule has 0 spiro atoms. The Kier molecular flexibility index (Phi) is 14.4. The van der Waals surface area contributed by atoms with E-state index in [9.17, 15) is 44.1 Å². The Morgan fingerprint density at radius 2 is 1.72 bits per heavy atom. The van der Waals surface area contributed by atoms with Crippen LogP contribution in [-0.4, -0.2) is 111 Å². The summed E-state index contributed by atoms with van der Waals surface area (Å²) in [7, 11) is 0. The van der Waals surface area contributed by atoms with Gasteiger partial charge in [-0.05, 0) is 20.3 Å². The zero-order chi connectivity index (χ0) is 28.2. The molecular formula is C21H36N4O11. The highest BCUT2D eigenvalue weighted by Crippen LogP contribution is 2.20. The van der Waals surface area contributed by atoms with Crippen molar-refractivity contribution in [3.8, 4) is 0 Å². The van der Waals surface area contributed by atoms with E-state index in [0.717, 1.165) is 6.92 Å². The second-order valence-electron chi connectivity index (χ2n) is 8.09. The van der Waals surface area contributed by atoms with Crippen molar-refractivity contribution in [3.63, 3.8) is 0 Å². The summed E-state index contributed by atoms with van der Waals surface area (Å²) in [6.07, 6.45) is -7.27. The third kappa shape index (κ3) is 9.85. The fraction of sp³-hybridized carbons (Fsp3) is 0.714. The van der Waals surface area contributed by atoms with Crippen LogP contribution in [0.4, 0.5) is 4.79 Å². The molecule has 0 aliphatic rings. The van der Waals surface area contributed by atoms with Crippen molar-refractivity contribution in [2.24, 2.45) is 11.7 Å². The van der Waals surface area contributed by atoms with Gasteiger partial charge in [0.05, 0.1) is 18.6 Å². The molecule has 15 heteroatoms. The van der Waals surface area contributed by atoms with Gasteiger partial charge < -0.3 is 46.3 Å². The van der Waals surface area contributed by atoms with Gasteiger partial charge >= 0.3 is 12.0 Å². The number of primary amides is 1. The van der Waals surface area contributed by atoms with Gasteiger partial charge in [0, 0.05) is 19.9 Å². The number of amides is 5. The maximum atomic E-state index is 13.3. The van der Waals surface area contributed by atoms with E-state index in [1.54, 1.807) is 6.92 Å². The molecule has 0 fully saturated rings. The van der Waals surface area contributed by atoms with Gasteiger partial charge in [0.1, 0.15) is 36.7 Å². The number of nitrogens with one attached hydrogen (secondary N) is 2. The van der Waals surface area contributed by atoms with E-state index in [1.807, 2.05) is 0 Å². The monoisotopic (exact) mass is 520 g/mol. The van der Waals surface area contributed by atoms with Gasteiger partial charge in [-0.2, -0.15) is 0 Å². The fourth-order valence-corrected chi connectivity index (χ4v) is 3.21. The van der Waals surface area contributed by atoms with E-state index in [2.05, 4.69) is 10.6 Å². The molecule has 7 atom stereocenters. The fourth-order valence-electron chi connectivity index (χ4n) is 3.21. The summed E-state index contributed by atoms with van der Waals surface area (Å²) in [4.78, 5) is 72.5. The molecule has 0 aromatic heterocycles. The first-order valence-corrected chi connectivity index (χ1v) is 11.2. The van der Waals surface area contributed by atoms with Crippen LogP contribution in [-0.2, 0) is 28.7 Å². The number of carbonyl (C=O) groups excluding carboxylic acids is 5. The Balaban J connectivity index is 6.11. The van der Waals surface area contributed by atoms with Crippen LogP contribution in [0.25, 0.3) is 0 Å². The number of hydrogen-bond acceptors (Lipinski definition) is 10. The highest BCUT2D eigenvalue weighted by molar-refractivity contribution is 6.00. The molecule has 0 saturated carbocycles. The van der Waals surface area contributed by atoms with Gasteiger partial charge in [-0.15, -0.1) is 0 Å². The Bertz CT molecular complexity index is 794. The normalized spacial score (nSPS) is 16.9. The van der Waals surface area contributed by atoms with Gasteiger partial charge in [0.25, 0.3) is 0 Å². The number of hydrogen-bond donors (Lipinski definition) is 7. The van der Waals surface area contributed by atoms with Gasteiger partial charge in [-0.1, -0.05) is 6.92 Å². The summed E-state index contributed by atoms with van der Waals surface area (Å²) >= 11 is 0. The molecule has 3 unspecified atom stereocenters. The molecule has 8 N–H and O–H groups in total. The van der Waals surface area contributed by atoms with Crippen molar-refractivity contribution >= 4 is 36.0 Å². The first-order valence-electron chi connectivity index (χ1n) is 11.2. The predicted octanol–water partition coefficient (Wildman–Crippen LogP) is -2.91. The largest absolute Gasteiger partial charge is 0.481 e. The second-order valence-corrected chi connectivity index (χ2v) is 8.09. The number of urea groups is 1. The number of carboxylic acid groups (broad SMARTS) is 1. The van der Waals surface area contributed by atoms with E-state index in [0.29, 0.717) is 4.90 Å². The Labute approximate surface area is 207 Å². The number of aliphatic carboxylic acids is 1. The maximum absolute atomic E-state index is 13.3. The first kappa shape index (κ1) is 32.9. The molecule has 0 radical (unpaired) electrons. The molecular weight excluding hydrogens is 484 g/mol. The van der Waals surface area contributed by atoms with E-state index in [-0.39, 0.29) is 12.8 Å². The number of aliphatic hydroxyl groups is 3. The summed E-state index contributed by atoms with van der Waals surface area (Å²) in [5.74, 6) is -5.31. The van der Waals surface area contributed by atoms with Gasteiger partial charge in [0.15, 0.2) is 0 Å². The Morgan fingerprint density at radius 1 is 1.14 bits per heavy atom. The number of carbonyl (C=O) groups is 6. The van der Waals surface area contributed by atoms with Crippen LogP contribution in [0.1, 0.15) is 40.5 Å². The van der Waals surface area contributed by atoms with Crippen LogP contribution in [0.3, 0.4) is 0 Å². The van der Waals surface area contributed by atoms with Crippen molar-refractivity contribution in [1.82, 2.24) is 15.5 Å². The lowest BCUT2D eigenvalue weighted by molar-refractivity contribution is -0.159. The molecule has 0 aromatic rings. The minimum atomic E-state index is -1.88. The molecule has 0 heterocycles. The maximum Gasteiger partial charge on any atom is 0.324 e. The third-order valence-electron chi connectivity index (χ3n) is 5.31.